The molecule has 0 unspecified atom stereocenters. The Kier molecular flexibility index (Phi) is 5.77. The maximum atomic E-state index is 11.7. The van der Waals surface area contributed by atoms with Gasteiger partial charge >= 0.3 is 11.9 Å². The maximum absolute atomic E-state index is 11.7. The lowest BCUT2D eigenvalue weighted by molar-refractivity contribution is -0.161. The van der Waals surface area contributed by atoms with Gasteiger partial charge in [0.1, 0.15) is 5.78 Å². The SMILES string of the molecule is CCOC(=O)C(=O)N1CCCN(CCC(C)=O)C1. The molecule has 0 atom stereocenters. The van der Waals surface area contributed by atoms with Gasteiger partial charge in [-0.1, -0.05) is 0 Å². The molecule has 0 saturated carbocycles. The highest BCUT2D eigenvalue weighted by Crippen LogP contribution is 2.07. The van der Waals surface area contributed by atoms with Crippen LogP contribution in [0.4, 0.5) is 0 Å². The minimum atomic E-state index is -0.800. The van der Waals surface area contributed by atoms with Crippen molar-refractivity contribution >= 4 is 17.7 Å². The first-order valence-electron chi connectivity index (χ1n) is 6.22. The average molecular weight is 256 g/mol. The number of carbonyl (C=O) groups excluding carboxylic acids is 3. The predicted octanol–water partition coefficient (Wildman–Crippen LogP) is 0.0204. The third-order valence-corrected chi connectivity index (χ3v) is 2.79. The van der Waals surface area contributed by atoms with Crippen molar-refractivity contribution < 1.29 is 19.1 Å². The lowest BCUT2D eigenvalue weighted by Crippen LogP contribution is -2.50. The minimum Gasteiger partial charge on any atom is -0.459 e. The number of nitrogens with zero attached hydrogens (tertiary/aromatic N) is 2. The topological polar surface area (TPSA) is 66.9 Å². The molecule has 6 heteroatoms. The van der Waals surface area contributed by atoms with E-state index in [4.69, 9.17) is 0 Å². The molecule has 102 valence electrons. The monoisotopic (exact) mass is 256 g/mol. The zero-order valence-electron chi connectivity index (χ0n) is 11.0. The molecule has 0 aromatic carbocycles. The van der Waals surface area contributed by atoms with Crippen molar-refractivity contribution in [2.45, 2.75) is 26.7 Å². The van der Waals surface area contributed by atoms with E-state index in [9.17, 15) is 14.4 Å². The summed E-state index contributed by atoms with van der Waals surface area (Å²) in [6.45, 7) is 5.85. The molecule has 1 aliphatic heterocycles. The van der Waals surface area contributed by atoms with E-state index in [1.54, 1.807) is 13.8 Å². The molecule has 1 amide bonds. The molecular formula is C12H20N2O4. The summed E-state index contributed by atoms with van der Waals surface area (Å²) in [5.41, 5.74) is 0. The maximum Gasteiger partial charge on any atom is 0.397 e. The Morgan fingerprint density at radius 1 is 1.22 bits per heavy atom. The highest BCUT2D eigenvalue weighted by Gasteiger charge is 2.27. The van der Waals surface area contributed by atoms with Gasteiger partial charge in [-0.2, -0.15) is 0 Å². The van der Waals surface area contributed by atoms with Crippen LogP contribution in [0.25, 0.3) is 0 Å². The Labute approximate surface area is 107 Å². The fourth-order valence-electron chi connectivity index (χ4n) is 1.85. The molecule has 0 aromatic heterocycles. The molecule has 6 nitrogen and oxygen atoms in total. The molecule has 1 fully saturated rings. The number of hydrogen-bond acceptors (Lipinski definition) is 5. The van der Waals surface area contributed by atoms with Crippen molar-refractivity contribution in [3.8, 4) is 0 Å². The molecule has 18 heavy (non-hydrogen) atoms. The van der Waals surface area contributed by atoms with E-state index in [-0.39, 0.29) is 12.4 Å². The first-order valence-corrected chi connectivity index (χ1v) is 6.22. The van der Waals surface area contributed by atoms with Gasteiger partial charge in [0, 0.05) is 26.1 Å². The first kappa shape index (κ1) is 14.6. The second kappa shape index (κ2) is 7.10. The van der Waals surface area contributed by atoms with Gasteiger partial charge in [0.2, 0.25) is 0 Å². The number of hydrogen-bond donors (Lipinski definition) is 0. The smallest absolute Gasteiger partial charge is 0.397 e. The van der Waals surface area contributed by atoms with Crippen molar-refractivity contribution in [3.63, 3.8) is 0 Å². The Morgan fingerprint density at radius 3 is 2.56 bits per heavy atom. The van der Waals surface area contributed by atoms with E-state index in [0.717, 1.165) is 13.0 Å². The Hall–Kier alpha value is -1.43. The van der Waals surface area contributed by atoms with Crippen molar-refractivity contribution in [1.82, 2.24) is 9.80 Å². The molecule has 1 rings (SSSR count). The van der Waals surface area contributed by atoms with Crippen molar-refractivity contribution in [1.29, 1.82) is 0 Å². The van der Waals surface area contributed by atoms with Crippen LogP contribution in [0.3, 0.4) is 0 Å². The fraction of sp³-hybridized carbons (Fsp3) is 0.750. The lowest BCUT2D eigenvalue weighted by Gasteiger charge is -2.34. The molecule has 0 aromatic rings. The van der Waals surface area contributed by atoms with Gasteiger partial charge in [-0.25, -0.2) is 4.79 Å². The predicted molar refractivity (Wildman–Crippen MR) is 64.7 cm³/mol. The van der Waals surface area contributed by atoms with E-state index in [0.29, 0.717) is 26.2 Å². The third-order valence-electron chi connectivity index (χ3n) is 2.79. The number of esters is 1. The average Bonchev–Trinajstić information content (AvgIpc) is 2.36. The standard InChI is InChI=1S/C12H20N2O4/c1-3-18-12(17)11(16)14-7-4-6-13(9-14)8-5-10(2)15/h3-9H2,1-2H3. The van der Waals surface area contributed by atoms with E-state index < -0.39 is 11.9 Å². The molecule has 0 bridgehead atoms. The van der Waals surface area contributed by atoms with Gasteiger partial charge < -0.3 is 9.64 Å². The summed E-state index contributed by atoms with van der Waals surface area (Å²) in [5.74, 6) is -1.26. The van der Waals surface area contributed by atoms with Crippen molar-refractivity contribution in [3.05, 3.63) is 0 Å². The summed E-state index contributed by atoms with van der Waals surface area (Å²) in [6, 6.07) is 0. The van der Waals surface area contributed by atoms with Gasteiger partial charge in [-0.05, 0) is 20.3 Å². The fourth-order valence-corrected chi connectivity index (χ4v) is 1.85. The highest BCUT2D eigenvalue weighted by molar-refractivity contribution is 6.32. The number of ketones is 1. The molecule has 0 N–H and O–H groups in total. The quantitative estimate of drug-likeness (QED) is 0.524. The normalized spacial score (nSPS) is 16.4. The summed E-state index contributed by atoms with van der Waals surface area (Å²) in [6.07, 6.45) is 1.28. The van der Waals surface area contributed by atoms with Crippen LogP contribution < -0.4 is 0 Å². The van der Waals surface area contributed by atoms with Gasteiger partial charge in [-0.15, -0.1) is 0 Å². The summed E-state index contributed by atoms with van der Waals surface area (Å²) >= 11 is 0. The molecule has 1 aliphatic rings. The van der Waals surface area contributed by atoms with E-state index in [1.807, 2.05) is 4.90 Å². The van der Waals surface area contributed by atoms with Gasteiger partial charge in [0.15, 0.2) is 0 Å². The van der Waals surface area contributed by atoms with Gasteiger partial charge in [0.05, 0.1) is 13.3 Å². The van der Waals surface area contributed by atoms with Gasteiger partial charge in [0.25, 0.3) is 0 Å². The molecular weight excluding hydrogens is 236 g/mol. The highest BCUT2D eigenvalue weighted by atomic mass is 16.5. The van der Waals surface area contributed by atoms with Crippen molar-refractivity contribution in [2.75, 3.05) is 32.9 Å². The Balaban J connectivity index is 2.45. The van der Waals surface area contributed by atoms with Crippen molar-refractivity contribution in [2.24, 2.45) is 0 Å². The van der Waals surface area contributed by atoms with Crippen LogP contribution in [-0.2, 0) is 19.1 Å². The molecule has 1 heterocycles. The Bertz CT molecular complexity index is 330. The van der Waals surface area contributed by atoms with Crippen LogP contribution in [0.5, 0.6) is 0 Å². The number of amides is 1. The molecule has 0 radical (unpaired) electrons. The van der Waals surface area contributed by atoms with Crippen LogP contribution in [0, 0.1) is 0 Å². The van der Waals surface area contributed by atoms with Crippen LogP contribution >= 0.6 is 0 Å². The summed E-state index contributed by atoms with van der Waals surface area (Å²) in [4.78, 5) is 37.4. The second-order valence-electron chi connectivity index (χ2n) is 4.35. The van der Waals surface area contributed by atoms with E-state index in [1.165, 1.54) is 4.90 Å². The van der Waals surface area contributed by atoms with Crippen LogP contribution in [0.2, 0.25) is 0 Å². The zero-order chi connectivity index (χ0) is 13.5. The van der Waals surface area contributed by atoms with Crippen LogP contribution in [-0.4, -0.2) is 60.4 Å². The van der Waals surface area contributed by atoms with Crippen LogP contribution in [0.15, 0.2) is 0 Å². The summed E-state index contributed by atoms with van der Waals surface area (Å²) in [5, 5.41) is 0. The van der Waals surface area contributed by atoms with E-state index >= 15 is 0 Å². The largest absolute Gasteiger partial charge is 0.459 e. The summed E-state index contributed by atoms with van der Waals surface area (Å²) < 4.78 is 4.69. The Morgan fingerprint density at radius 2 is 1.94 bits per heavy atom. The number of rotatable bonds is 4. The first-order chi connectivity index (χ1) is 8.54. The van der Waals surface area contributed by atoms with E-state index in [2.05, 4.69) is 4.74 Å². The second-order valence-corrected chi connectivity index (χ2v) is 4.35. The number of ether oxygens (including phenoxy) is 1. The number of Topliss-reactive ketones (excluding diaryl/α,β-unsaturated/α-hetero) is 1. The molecule has 1 saturated heterocycles. The van der Waals surface area contributed by atoms with Gasteiger partial charge in [-0.3, -0.25) is 14.5 Å². The zero-order valence-corrected chi connectivity index (χ0v) is 11.0. The third kappa shape index (κ3) is 4.44. The minimum absolute atomic E-state index is 0.129. The lowest BCUT2D eigenvalue weighted by atomic mass is 10.2. The molecule has 0 spiro atoms. The molecule has 0 aliphatic carbocycles. The summed E-state index contributed by atoms with van der Waals surface area (Å²) in [7, 11) is 0. The number of carbonyl (C=O) groups is 3. The van der Waals surface area contributed by atoms with Crippen LogP contribution in [0.1, 0.15) is 26.7 Å².